The Morgan fingerprint density at radius 2 is 2.22 bits per heavy atom. The van der Waals surface area contributed by atoms with Gasteiger partial charge in [0.25, 0.3) is 5.91 Å². The summed E-state index contributed by atoms with van der Waals surface area (Å²) in [6, 6.07) is 1.72. The maximum atomic E-state index is 11.8. The molecule has 1 aromatic rings. The van der Waals surface area contributed by atoms with Crippen LogP contribution in [0.25, 0.3) is 0 Å². The molecule has 1 aromatic heterocycles. The topological polar surface area (TPSA) is 51.2 Å². The molecule has 0 atom stereocenters. The highest BCUT2D eigenvalue weighted by molar-refractivity contribution is 9.10. The quantitative estimate of drug-likeness (QED) is 0.925. The van der Waals surface area contributed by atoms with E-state index in [2.05, 4.69) is 31.0 Å². The third-order valence-electron chi connectivity index (χ3n) is 1.80. The molecule has 1 heterocycles. The Hall–Kier alpha value is -1.15. The molecule has 0 saturated carbocycles. The zero-order valence-electron chi connectivity index (χ0n) is 9.34. The van der Waals surface area contributed by atoms with Crippen LogP contribution in [0.4, 0.5) is 19.0 Å². The maximum Gasteiger partial charge on any atom is 0.411 e. The van der Waals surface area contributed by atoms with Crippen LogP contribution < -0.4 is 5.32 Å². The van der Waals surface area contributed by atoms with Crippen molar-refractivity contribution in [3.8, 4) is 0 Å². The SMILES string of the molecule is Cc1cc(Br)cnc1NC(=O)COCC(F)(F)F. The molecule has 100 valence electrons. The molecule has 0 fully saturated rings. The molecule has 0 bridgehead atoms. The standard InChI is InChI=1S/C10H10BrF3N2O2/c1-6-2-7(11)3-15-9(6)16-8(17)4-18-5-10(12,13)14/h2-3H,4-5H2,1H3,(H,15,16,17). The van der Waals surface area contributed by atoms with Gasteiger partial charge in [-0.1, -0.05) is 0 Å². The Morgan fingerprint density at radius 1 is 1.56 bits per heavy atom. The van der Waals surface area contributed by atoms with Crippen LogP contribution in [0.3, 0.4) is 0 Å². The van der Waals surface area contributed by atoms with Gasteiger partial charge in [-0.05, 0) is 34.5 Å². The Morgan fingerprint density at radius 3 is 2.78 bits per heavy atom. The van der Waals surface area contributed by atoms with E-state index in [1.807, 2.05) is 0 Å². The van der Waals surface area contributed by atoms with E-state index in [-0.39, 0.29) is 0 Å². The summed E-state index contributed by atoms with van der Waals surface area (Å²) in [5.41, 5.74) is 0.688. The molecular formula is C10H10BrF3N2O2. The van der Waals surface area contributed by atoms with Crippen LogP contribution >= 0.6 is 15.9 Å². The molecule has 0 aliphatic carbocycles. The summed E-state index contributed by atoms with van der Waals surface area (Å²) in [6.45, 7) is -0.409. The Bertz CT molecular complexity index is 438. The number of hydrogen-bond acceptors (Lipinski definition) is 3. The fraction of sp³-hybridized carbons (Fsp3) is 0.400. The number of rotatable bonds is 4. The average Bonchev–Trinajstić information content (AvgIpc) is 2.20. The van der Waals surface area contributed by atoms with E-state index in [9.17, 15) is 18.0 Å². The Kier molecular flexibility index (Phi) is 5.09. The van der Waals surface area contributed by atoms with Crippen LogP contribution in [0.1, 0.15) is 5.56 Å². The summed E-state index contributed by atoms with van der Waals surface area (Å²) in [4.78, 5) is 15.2. The number of alkyl halides is 3. The smallest absolute Gasteiger partial charge is 0.362 e. The summed E-state index contributed by atoms with van der Waals surface area (Å²) in [7, 11) is 0. The molecule has 8 heteroatoms. The second kappa shape index (κ2) is 6.14. The number of anilines is 1. The predicted molar refractivity (Wildman–Crippen MR) is 62.2 cm³/mol. The number of amides is 1. The summed E-state index contributed by atoms with van der Waals surface area (Å²) in [5.74, 6) is -0.393. The lowest BCUT2D eigenvalue weighted by atomic mass is 10.3. The molecule has 0 aliphatic heterocycles. The lowest BCUT2D eigenvalue weighted by Crippen LogP contribution is -2.24. The van der Waals surface area contributed by atoms with Gasteiger partial charge in [-0.15, -0.1) is 0 Å². The van der Waals surface area contributed by atoms with E-state index in [1.54, 1.807) is 13.0 Å². The number of pyridine rings is 1. The van der Waals surface area contributed by atoms with Crippen LogP contribution in [0.2, 0.25) is 0 Å². The van der Waals surface area contributed by atoms with Crippen LogP contribution in [-0.4, -0.2) is 30.3 Å². The van der Waals surface area contributed by atoms with E-state index in [4.69, 9.17) is 0 Å². The number of carbonyl (C=O) groups is 1. The molecule has 0 radical (unpaired) electrons. The molecule has 1 rings (SSSR count). The fourth-order valence-corrected chi connectivity index (χ4v) is 1.54. The highest BCUT2D eigenvalue weighted by Crippen LogP contribution is 2.17. The number of nitrogens with zero attached hydrogens (tertiary/aromatic N) is 1. The number of carbonyl (C=O) groups excluding carboxylic acids is 1. The van der Waals surface area contributed by atoms with Gasteiger partial charge in [-0.3, -0.25) is 4.79 Å². The Balaban J connectivity index is 2.45. The first-order valence-corrected chi connectivity index (χ1v) is 5.64. The van der Waals surface area contributed by atoms with Gasteiger partial charge in [-0.25, -0.2) is 4.98 Å². The van der Waals surface area contributed by atoms with Crippen LogP contribution in [0.5, 0.6) is 0 Å². The van der Waals surface area contributed by atoms with Crippen molar-refractivity contribution in [3.05, 3.63) is 22.3 Å². The molecule has 18 heavy (non-hydrogen) atoms. The van der Waals surface area contributed by atoms with Crippen molar-refractivity contribution < 1.29 is 22.7 Å². The van der Waals surface area contributed by atoms with E-state index in [0.29, 0.717) is 11.4 Å². The predicted octanol–water partition coefficient (Wildman–Crippen LogP) is 2.67. The highest BCUT2D eigenvalue weighted by atomic mass is 79.9. The van der Waals surface area contributed by atoms with Crippen molar-refractivity contribution >= 4 is 27.7 Å². The molecule has 0 saturated heterocycles. The highest BCUT2D eigenvalue weighted by Gasteiger charge is 2.27. The van der Waals surface area contributed by atoms with Crippen molar-refractivity contribution in [2.45, 2.75) is 13.1 Å². The number of ether oxygens (including phenoxy) is 1. The second-order valence-electron chi connectivity index (χ2n) is 3.48. The molecule has 4 nitrogen and oxygen atoms in total. The van der Waals surface area contributed by atoms with Gasteiger partial charge in [-0.2, -0.15) is 13.2 Å². The number of aryl methyl sites for hydroxylation is 1. The number of halogens is 4. The number of aromatic nitrogens is 1. The van der Waals surface area contributed by atoms with E-state index < -0.39 is 25.3 Å². The maximum absolute atomic E-state index is 11.8. The van der Waals surface area contributed by atoms with E-state index >= 15 is 0 Å². The minimum Gasteiger partial charge on any atom is -0.362 e. The van der Waals surface area contributed by atoms with Crippen molar-refractivity contribution in [1.82, 2.24) is 4.98 Å². The number of hydrogen-bond donors (Lipinski definition) is 1. The summed E-state index contributed by atoms with van der Waals surface area (Å²) < 4.78 is 40.3. The lowest BCUT2D eigenvalue weighted by Gasteiger charge is -2.09. The van der Waals surface area contributed by atoms with E-state index in [0.717, 1.165) is 4.47 Å². The first-order chi connectivity index (χ1) is 8.28. The van der Waals surface area contributed by atoms with E-state index in [1.165, 1.54) is 6.20 Å². The normalized spacial score (nSPS) is 11.4. The molecule has 0 spiro atoms. The van der Waals surface area contributed by atoms with Crippen molar-refractivity contribution in [2.24, 2.45) is 0 Å². The first kappa shape index (κ1) is 14.9. The third-order valence-corrected chi connectivity index (χ3v) is 2.24. The molecule has 1 amide bonds. The van der Waals surface area contributed by atoms with Gasteiger partial charge in [0, 0.05) is 10.7 Å². The largest absolute Gasteiger partial charge is 0.411 e. The van der Waals surface area contributed by atoms with Crippen LogP contribution in [0, 0.1) is 6.92 Å². The Labute approximate surface area is 110 Å². The van der Waals surface area contributed by atoms with Gasteiger partial charge in [0.05, 0.1) is 0 Å². The third kappa shape index (κ3) is 5.46. The zero-order chi connectivity index (χ0) is 13.8. The minimum absolute atomic E-state index is 0.291. The average molecular weight is 327 g/mol. The van der Waals surface area contributed by atoms with Crippen molar-refractivity contribution in [3.63, 3.8) is 0 Å². The van der Waals surface area contributed by atoms with Crippen LogP contribution in [0.15, 0.2) is 16.7 Å². The molecular weight excluding hydrogens is 317 g/mol. The fourth-order valence-electron chi connectivity index (χ4n) is 1.10. The van der Waals surface area contributed by atoms with Crippen molar-refractivity contribution in [1.29, 1.82) is 0 Å². The zero-order valence-corrected chi connectivity index (χ0v) is 10.9. The van der Waals surface area contributed by atoms with Gasteiger partial charge in [0.15, 0.2) is 0 Å². The summed E-state index contributed by atoms with van der Waals surface area (Å²) in [5, 5.41) is 2.36. The first-order valence-electron chi connectivity index (χ1n) is 4.84. The molecule has 0 unspecified atom stereocenters. The summed E-state index contributed by atoms with van der Waals surface area (Å²) >= 11 is 3.20. The van der Waals surface area contributed by atoms with Gasteiger partial charge in [0.2, 0.25) is 0 Å². The minimum atomic E-state index is -4.44. The summed E-state index contributed by atoms with van der Waals surface area (Å²) in [6.07, 6.45) is -2.97. The molecule has 1 N–H and O–H groups in total. The van der Waals surface area contributed by atoms with Gasteiger partial charge in [0.1, 0.15) is 19.0 Å². The second-order valence-corrected chi connectivity index (χ2v) is 4.39. The number of nitrogens with one attached hydrogen (secondary N) is 1. The van der Waals surface area contributed by atoms with Gasteiger partial charge < -0.3 is 10.1 Å². The monoisotopic (exact) mass is 326 g/mol. The van der Waals surface area contributed by atoms with Crippen LogP contribution in [-0.2, 0) is 9.53 Å². The van der Waals surface area contributed by atoms with Crippen molar-refractivity contribution in [2.75, 3.05) is 18.5 Å². The molecule has 0 aliphatic rings. The molecule has 0 aromatic carbocycles. The van der Waals surface area contributed by atoms with Gasteiger partial charge >= 0.3 is 6.18 Å². The lowest BCUT2D eigenvalue weighted by molar-refractivity contribution is -0.174.